The molecule has 0 saturated carbocycles. The van der Waals surface area contributed by atoms with Crippen LogP contribution in [0, 0.1) is 0 Å². The lowest BCUT2D eigenvalue weighted by Gasteiger charge is -2.36. The molecule has 3 aromatic heterocycles. The highest BCUT2D eigenvalue weighted by Crippen LogP contribution is 2.27. The monoisotopic (exact) mass is 501 g/mol. The first-order valence-electron chi connectivity index (χ1n) is 11.7. The standard InChI is InChI=1S/C24H23N9O4/c34-13-15-2-1-3-18-20(15)28-29-33(18)23-21-22(32(14-25-21)12-19(36)37)26-24(27-23)31-10-8-30(9-11-31)16-4-6-17(35)7-5-16/h1-7,14,34-35H,8-13H2,(H,36,37). The summed E-state index contributed by atoms with van der Waals surface area (Å²) in [7, 11) is 0. The average molecular weight is 502 g/mol. The highest BCUT2D eigenvalue weighted by Gasteiger charge is 2.24. The zero-order valence-corrected chi connectivity index (χ0v) is 19.6. The SMILES string of the molecule is O=C(O)Cn1cnc2c(-n3nnc4c(CO)cccc43)nc(N3CCN(c4ccc(O)cc4)CC3)nc21. The fourth-order valence-corrected chi connectivity index (χ4v) is 4.58. The number of piperazine rings is 1. The minimum Gasteiger partial charge on any atom is -0.508 e. The second-order valence-corrected chi connectivity index (χ2v) is 8.72. The molecule has 1 fully saturated rings. The van der Waals surface area contributed by atoms with E-state index in [-0.39, 0.29) is 18.9 Å². The molecule has 13 nitrogen and oxygen atoms in total. The van der Waals surface area contributed by atoms with Gasteiger partial charge in [-0.25, -0.2) is 4.98 Å². The number of aliphatic carboxylic acids is 1. The Labute approximate surface area is 209 Å². The fraction of sp³-hybridized carbons (Fsp3) is 0.250. The summed E-state index contributed by atoms with van der Waals surface area (Å²) in [5.74, 6) is 0.0216. The van der Waals surface area contributed by atoms with Gasteiger partial charge >= 0.3 is 5.97 Å². The molecule has 0 spiro atoms. The van der Waals surface area contributed by atoms with Crippen molar-refractivity contribution in [1.29, 1.82) is 0 Å². The van der Waals surface area contributed by atoms with Crippen LogP contribution in [0.15, 0.2) is 48.8 Å². The molecule has 0 atom stereocenters. The van der Waals surface area contributed by atoms with E-state index in [9.17, 15) is 20.1 Å². The summed E-state index contributed by atoms with van der Waals surface area (Å²) in [5, 5.41) is 37.2. The Hall–Kier alpha value is -4.78. The number of phenols is 1. The third kappa shape index (κ3) is 4.04. The minimum absolute atomic E-state index is 0.182. The van der Waals surface area contributed by atoms with E-state index in [4.69, 9.17) is 9.97 Å². The molecule has 1 saturated heterocycles. The van der Waals surface area contributed by atoms with Gasteiger partial charge in [0.2, 0.25) is 5.95 Å². The highest BCUT2D eigenvalue weighted by atomic mass is 16.4. The molecule has 1 aliphatic heterocycles. The summed E-state index contributed by atoms with van der Waals surface area (Å²) < 4.78 is 3.02. The fourth-order valence-electron chi connectivity index (χ4n) is 4.58. The first kappa shape index (κ1) is 22.7. The van der Waals surface area contributed by atoms with E-state index in [1.165, 1.54) is 10.9 Å². The van der Waals surface area contributed by atoms with Crippen LogP contribution < -0.4 is 9.80 Å². The van der Waals surface area contributed by atoms with Crippen LogP contribution in [-0.2, 0) is 17.9 Å². The van der Waals surface area contributed by atoms with E-state index in [1.54, 1.807) is 28.9 Å². The van der Waals surface area contributed by atoms with Crippen molar-refractivity contribution >= 4 is 39.8 Å². The summed E-state index contributed by atoms with van der Waals surface area (Å²) in [5.41, 5.74) is 3.62. The van der Waals surface area contributed by atoms with Gasteiger partial charge in [-0.2, -0.15) is 14.6 Å². The number of aliphatic hydroxyl groups is 1. The van der Waals surface area contributed by atoms with Crippen molar-refractivity contribution in [3.05, 3.63) is 54.4 Å². The van der Waals surface area contributed by atoms with Gasteiger partial charge in [0, 0.05) is 37.4 Å². The van der Waals surface area contributed by atoms with Crippen molar-refractivity contribution in [2.75, 3.05) is 36.0 Å². The third-order valence-corrected chi connectivity index (χ3v) is 6.45. The van der Waals surface area contributed by atoms with Crippen LogP contribution in [0.4, 0.5) is 11.6 Å². The number of carboxylic acids is 1. The van der Waals surface area contributed by atoms with Crippen LogP contribution in [0.3, 0.4) is 0 Å². The summed E-state index contributed by atoms with van der Waals surface area (Å²) >= 11 is 0. The highest BCUT2D eigenvalue weighted by molar-refractivity contribution is 5.86. The number of aromatic nitrogens is 7. The van der Waals surface area contributed by atoms with Crippen molar-refractivity contribution in [3.63, 3.8) is 0 Å². The number of hydrogen-bond donors (Lipinski definition) is 3. The molecule has 2 aromatic carbocycles. The van der Waals surface area contributed by atoms with Gasteiger partial charge in [-0.05, 0) is 30.3 Å². The molecule has 37 heavy (non-hydrogen) atoms. The lowest BCUT2D eigenvalue weighted by Crippen LogP contribution is -2.47. The van der Waals surface area contributed by atoms with Crippen molar-refractivity contribution in [3.8, 4) is 11.6 Å². The van der Waals surface area contributed by atoms with Gasteiger partial charge in [0.25, 0.3) is 0 Å². The quantitative estimate of drug-likeness (QED) is 0.307. The Bertz CT molecular complexity index is 1600. The zero-order valence-electron chi connectivity index (χ0n) is 19.6. The number of aliphatic hydroxyl groups excluding tert-OH is 1. The van der Waals surface area contributed by atoms with E-state index < -0.39 is 5.97 Å². The number of anilines is 2. The third-order valence-electron chi connectivity index (χ3n) is 6.45. The summed E-state index contributed by atoms with van der Waals surface area (Å²) in [6.45, 7) is 2.20. The van der Waals surface area contributed by atoms with Crippen molar-refractivity contribution in [1.82, 2.24) is 34.5 Å². The number of imidazole rings is 1. The first-order valence-corrected chi connectivity index (χ1v) is 11.7. The van der Waals surface area contributed by atoms with Gasteiger partial charge in [0.05, 0.1) is 18.5 Å². The minimum atomic E-state index is -1.01. The molecule has 0 amide bonds. The van der Waals surface area contributed by atoms with Crippen molar-refractivity contribution < 1.29 is 20.1 Å². The van der Waals surface area contributed by atoms with Crippen LogP contribution >= 0.6 is 0 Å². The number of rotatable bonds is 6. The van der Waals surface area contributed by atoms with Crippen LogP contribution in [0.5, 0.6) is 5.75 Å². The molecule has 5 aromatic rings. The molecule has 13 heteroatoms. The number of benzene rings is 2. The molecule has 0 aliphatic carbocycles. The number of phenolic OH excluding ortho intramolecular Hbond substituents is 1. The number of nitrogens with zero attached hydrogens (tertiary/aromatic N) is 9. The smallest absolute Gasteiger partial charge is 0.323 e. The average Bonchev–Trinajstić information content (AvgIpc) is 3.53. The number of carbonyl (C=O) groups is 1. The molecule has 6 rings (SSSR count). The Kier molecular flexibility index (Phi) is 5.53. The summed E-state index contributed by atoms with van der Waals surface area (Å²) in [6.07, 6.45) is 1.43. The lowest BCUT2D eigenvalue weighted by atomic mass is 10.2. The van der Waals surface area contributed by atoms with Gasteiger partial charge in [-0.15, -0.1) is 5.10 Å². The van der Waals surface area contributed by atoms with Gasteiger partial charge in [0.15, 0.2) is 17.0 Å². The van der Waals surface area contributed by atoms with Crippen molar-refractivity contribution in [2.24, 2.45) is 0 Å². The van der Waals surface area contributed by atoms with Gasteiger partial charge in [-0.3, -0.25) is 4.79 Å². The maximum absolute atomic E-state index is 11.5. The Morgan fingerprint density at radius 1 is 0.946 bits per heavy atom. The molecular formula is C24H23N9O4. The van der Waals surface area contributed by atoms with E-state index in [1.807, 2.05) is 23.1 Å². The molecule has 188 valence electrons. The van der Waals surface area contributed by atoms with Crippen molar-refractivity contribution in [2.45, 2.75) is 13.2 Å². The number of hydrogen-bond acceptors (Lipinski definition) is 10. The molecule has 0 unspecified atom stereocenters. The molecular weight excluding hydrogens is 478 g/mol. The van der Waals surface area contributed by atoms with Crippen LogP contribution in [0.1, 0.15) is 5.56 Å². The molecule has 4 heterocycles. The second kappa shape index (κ2) is 9.02. The van der Waals surface area contributed by atoms with E-state index in [0.29, 0.717) is 65.7 Å². The van der Waals surface area contributed by atoms with E-state index in [2.05, 4.69) is 20.2 Å². The first-order chi connectivity index (χ1) is 18.0. The van der Waals surface area contributed by atoms with Gasteiger partial charge < -0.3 is 29.7 Å². The van der Waals surface area contributed by atoms with Crippen LogP contribution in [-0.4, -0.2) is 82.0 Å². The van der Waals surface area contributed by atoms with E-state index >= 15 is 0 Å². The predicted octanol–water partition coefficient (Wildman–Crippen LogP) is 1.17. The molecule has 0 bridgehead atoms. The molecule has 0 radical (unpaired) electrons. The maximum atomic E-state index is 11.5. The largest absolute Gasteiger partial charge is 0.508 e. The zero-order chi connectivity index (χ0) is 25.5. The number of aromatic hydroxyl groups is 1. The number of carboxylic acid groups (broad SMARTS) is 1. The van der Waals surface area contributed by atoms with Gasteiger partial charge in [0.1, 0.15) is 17.8 Å². The topological polar surface area (TPSA) is 159 Å². The Balaban J connectivity index is 1.41. The van der Waals surface area contributed by atoms with Gasteiger partial charge in [-0.1, -0.05) is 17.3 Å². The Morgan fingerprint density at radius 3 is 2.43 bits per heavy atom. The normalized spacial score (nSPS) is 14.1. The van der Waals surface area contributed by atoms with Crippen LogP contribution in [0.2, 0.25) is 0 Å². The van der Waals surface area contributed by atoms with Crippen LogP contribution in [0.25, 0.3) is 28.0 Å². The second-order valence-electron chi connectivity index (χ2n) is 8.72. The van der Waals surface area contributed by atoms with E-state index in [0.717, 1.165) is 5.69 Å². The summed E-state index contributed by atoms with van der Waals surface area (Å²) in [6, 6.07) is 12.5. The number of fused-ring (bicyclic) bond motifs is 2. The predicted molar refractivity (Wildman–Crippen MR) is 134 cm³/mol. The summed E-state index contributed by atoms with van der Waals surface area (Å²) in [4.78, 5) is 29.7. The molecule has 3 N–H and O–H groups in total. The lowest BCUT2D eigenvalue weighted by molar-refractivity contribution is -0.137. The maximum Gasteiger partial charge on any atom is 0.323 e. The Morgan fingerprint density at radius 2 is 1.70 bits per heavy atom. The molecule has 1 aliphatic rings.